The van der Waals surface area contributed by atoms with E-state index in [4.69, 9.17) is 9.84 Å². The van der Waals surface area contributed by atoms with Gasteiger partial charge in [0, 0.05) is 6.54 Å². The molecule has 1 aromatic carbocycles. The molecule has 1 unspecified atom stereocenters. The molecular formula is C13H19NO3. The minimum absolute atomic E-state index is 0.0879. The quantitative estimate of drug-likeness (QED) is 0.779. The Morgan fingerprint density at radius 2 is 2.06 bits per heavy atom. The predicted molar refractivity (Wildman–Crippen MR) is 66.0 cm³/mol. The van der Waals surface area contributed by atoms with Gasteiger partial charge < -0.3 is 15.2 Å². The number of amides is 1. The summed E-state index contributed by atoms with van der Waals surface area (Å²) < 4.78 is 5.31. The predicted octanol–water partition coefficient (Wildman–Crippen LogP) is 1.12. The molecule has 0 fully saturated rings. The first-order chi connectivity index (χ1) is 8.11. The second kappa shape index (κ2) is 6.91. The van der Waals surface area contributed by atoms with Gasteiger partial charge in [0.25, 0.3) is 0 Å². The zero-order chi connectivity index (χ0) is 12.7. The molecule has 0 bridgehead atoms. The zero-order valence-corrected chi connectivity index (χ0v) is 10.3. The highest BCUT2D eigenvalue weighted by atomic mass is 16.5. The Labute approximate surface area is 102 Å². The van der Waals surface area contributed by atoms with Crippen molar-refractivity contribution >= 4 is 5.91 Å². The van der Waals surface area contributed by atoms with Crippen LogP contribution < -0.4 is 10.1 Å². The molecule has 0 saturated carbocycles. The maximum absolute atomic E-state index is 11.5. The van der Waals surface area contributed by atoms with Crippen LogP contribution in [-0.4, -0.2) is 30.3 Å². The minimum atomic E-state index is -0.515. The molecule has 0 spiro atoms. The van der Waals surface area contributed by atoms with Gasteiger partial charge in [-0.1, -0.05) is 12.1 Å². The fourth-order valence-electron chi connectivity index (χ4n) is 1.38. The summed E-state index contributed by atoms with van der Waals surface area (Å²) in [4.78, 5) is 11.5. The van der Waals surface area contributed by atoms with Crippen molar-refractivity contribution in [1.82, 2.24) is 5.32 Å². The number of hydrogen-bond donors (Lipinski definition) is 2. The van der Waals surface area contributed by atoms with Gasteiger partial charge in [-0.3, -0.25) is 4.79 Å². The number of nitrogens with one attached hydrogen (secondary N) is 1. The van der Waals surface area contributed by atoms with Gasteiger partial charge in [0.05, 0.1) is 19.1 Å². The Kier molecular flexibility index (Phi) is 5.49. The Hall–Kier alpha value is -1.55. The summed E-state index contributed by atoms with van der Waals surface area (Å²) in [5.74, 6) is 0.718. The highest BCUT2D eigenvalue weighted by Gasteiger charge is 2.04. The van der Waals surface area contributed by atoms with Crippen molar-refractivity contribution in [2.75, 3.05) is 13.2 Å². The van der Waals surface area contributed by atoms with Gasteiger partial charge in [0.2, 0.25) is 5.91 Å². The fraction of sp³-hybridized carbons (Fsp3) is 0.462. The molecule has 0 aliphatic heterocycles. The molecule has 0 aromatic heterocycles. The van der Waals surface area contributed by atoms with Crippen LogP contribution in [0.2, 0.25) is 0 Å². The van der Waals surface area contributed by atoms with E-state index in [0.29, 0.717) is 13.0 Å². The summed E-state index contributed by atoms with van der Waals surface area (Å²) in [6, 6.07) is 7.43. The van der Waals surface area contributed by atoms with Crippen LogP contribution in [0.25, 0.3) is 0 Å². The normalized spacial score (nSPS) is 11.9. The van der Waals surface area contributed by atoms with Crippen molar-refractivity contribution in [3.05, 3.63) is 29.8 Å². The van der Waals surface area contributed by atoms with Crippen LogP contribution in [0.3, 0.4) is 0 Å². The highest BCUT2D eigenvalue weighted by molar-refractivity contribution is 5.78. The molecule has 0 radical (unpaired) electrons. The van der Waals surface area contributed by atoms with Crippen molar-refractivity contribution in [3.63, 3.8) is 0 Å². The molecule has 17 heavy (non-hydrogen) atoms. The number of ether oxygens (including phenoxy) is 1. The second-order valence-electron chi connectivity index (χ2n) is 3.91. The SMILES string of the molecule is CCOc1ccc(CC(=O)NCC(C)O)cc1. The number of carbonyl (C=O) groups is 1. The topological polar surface area (TPSA) is 58.6 Å². The molecule has 1 amide bonds. The van der Waals surface area contributed by atoms with Gasteiger partial charge in [0.15, 0.2) is 0 Å². The van der Waals surface area contributed by atoms with Gasteiger partial charge in [0.1, 0.15) is 5.75 Å². The lowest BCUT2D eigenvalue weighted by Crippen LogP contribution is -2.31. The van der Waals surface area contributed by atoms with E-state index in [9.17, 15) is 4.79 Å². The largest absolute Gasteiger partial charge is 0.494 e. The van der Waals surface area contributed by atoms with E-state index in [-0.39, 0.29) is 12.5 Å². The molecule has 1 rings (SSSR count). The molecule has 1 atom stereocenters. The van der Waals surface area contributed by atoms with E-state index in [0.717, 1.165) is 11.3 Å². The van der Waals surface area contributed by atoms with Crippen LogP contribution in [0.4, 0.5) is 0 Å². The molecule has 2 N–H and O–H groups in total. The van der Waals surface area contributed by atoms with Crippen LogP contribution in [0.5, 0.6) is 5.75 Å². The lowest BCUT2D eigenvalue weighted by molar-refractivity contribution is -0.120. The summed E-state index contributed by atoms with van der Waals surface area (Å²) in [5.41, 5.74) is 0.927. The third-order valence-corrected chi connectivity index (χ3v) is 2.19. The van der Waals surface area contributed by atoms with E-state index in [2.05, 4.69) is 5.32 Å². The Bertz CT molecular complexity index is 346. The summed E-state index contributed by atoms with van der Waals surface area (Å²) in [5, 5.41) is 11.7. The number of aliphatic hydroxyl groups is 1. The van der Waals surface area contributed by atoms with Gasteiger partial charge in [-0.2, -0.15) is 0 Å². The third kappa shape index (κ3) is 5.36. The molecule has 0 heterocycles. The zero-order valence-electron chi connectivity index (χ0n) is 10.3. The average molecular weight is 237 g/mol. The lowest BCUT2D eigenvalue weighted by atomic mass is 10.1. The molecule has 0 aliphatic rings. The minimum Gasteiger partial charge on any atom is -0.494 e. The first-order valence-electron chi connectivity index (χ1n) is 5.78. The van der Waals surface area contributed by atoms with E-state index in [1.165, 1.54) is 0 Å². The Morgan fingerprint density at radius 3 is 2.59 bits per heavy atom. The molecule has 0 aliphatic carbocycles. The van der Waals surface area contributed by atoms with Gasteiger partial charge in [-0.15, -0.1) is 0 Å². The molecule has 4 heteroatoms. The summed E-state index contributed by atoms with van der Waals surface area (Å²) in [6.45, 7) is 4.48. The average Bonchev–Trinajstić information content (AvgIpc) is 2.29. The number of benzene rings is 1. The summed E-state index contributed by atoms with van der Waals surface area (Å²) in [7, 11) is 0. The van der Waals surface area contributed by atoms with E-state index in [1.807, 2.05) is 31.2 Å². The van der Waals surface area contributed by atoms with Crippen LogP contribution in [0.1, 0.15) is 19.4 Å². The van der Waals surface area contributed by atoms with E-state index >= 15 is 0 Å². The maximum Gasteiger partial charge on any atom is 0.224 e. The summed E-state index contributed by atoms with van der Waals surface area (Å²) in [6.07, 6.45) is -0.196. The lowest BCUT2D eigenvalue weighted by Gasteiger charge is -2.07. The number of rotatable bonds is 6. The van der Waals surface area contributed by atoms with E-state index < -0.39 is 6.10 Å². The van der Waals surface area contributed by atoms with Gasteiger partial charge >= 0.3 is 0 Å². The van der Waals surface area contributed by atoms with Crippen LogP contribution in [-0.2, 0) is 11.2 Å². The smallest absolute Gasteiger partial charge is 0.224 e. The first kappa shape index (κ1) is 13.5. The number of hydrogen-bond acceptors (Lipinski definition) is 3. The van der Waals surface area contributed by atoms with Crippen LogP contribution in [0.15, 0.2) is 24.3 Å². The Morgan fingerprint density at radius 1 is 1.41 bits per heavy atom. The van der Waals surface area contributed by atoms with Crippen molar-refractivity contribution in [2.24, 2.45) is 0 Å². The molecular weight excluding hydrogens is 218 g/mol. The molecule has 94 valence electrons. The van der Waals surface area contributed by atoms with E-state index in [1.54, 1.807) is 6.92 Å². The summed E-state index contributed by atoms with van der Waals surface area (Å²) >= 11 is 0. The van der Waals surface area contributed by atoms with Gasteiger partial charge in [-0.25, -0.2) is 0 Å². The highest BCUT2D eigenvalue weighted by Crippen LogP contribution is 2.12. The number of aliphatic hydroxyl groups excluding tert-OH is 1. The van der Waals surface area contributed by atoms with Crippen molar-refractivity contribution in [2.45, 2.75) is 26.4 Å². The van der Waals surface area contributed by atoms with Crippen LogP contribution >= 0.6 is 0 Å². The monoisotopic (exact) mass is 237 g/mol. The standard InChI is InChI=1S/C13H19NO3/c1-3-17-12-6-4-11(5-7-12)8-13(16)14-9-10(2)15/h4-7,10,15H,3,8-9H2,1-2H3,(H,14,16). The second-order valence-corrected chi connectivity index (χ2v) is 3.91. The Balaban J connectivity index is 2.43. The van der Waals surface area contributed by atoms with Crippen molar-refractivity contribution < 1.29 is 14.6 Å². The van der Waals surface area contributed by atoms with Crippen LogP contribution in [0, 0.1) is 0 Å². The molecule has 0 saturated heterocycles. The van der Waals surface area contributed by atoms with Crippen molar-refractivity contribution in [1.29, 1.82) is 0 Å². The molecule has 4 nitrogen and oxygen atoms in total. The first-order valence-corrected chi connectivity index (χ1v) is 5.78. The van der Waals surface area contributed by atoms with Crippen molar-refractivity contribution in [3.8, 4) is 5.75 Å². The third-order valence-electron chi connectivity index (χ3n) is 2.19. The maximum atomic E-state index is 11.5. The van der Waals surface area contributed by atoms with Gasteiger partial charge in [-0.05, 0) is 31.5 Å². The number of carbonyl (C=O) groups excluding carboxylic acids is 1. The molecule has 1 aromatic rings. The fourth-order valence-corrected chi connectivity index (χ4v) is 1.38.